The van der Waals surface area contributed by atoms with Gasteiger partial charge in [-0.15, -0.1) is 0 Å². The van der Waals surface area contributed by atoms with Gasteiger partial charge < -0.3 is 10.5 Å². The van der Waals surface area contributed by atoms with Crippen LogP contribution in [0.4, 0.5) is 0 Å². The van der Waals surface area contributed by atoms with Gasteiger partial charge >= 0.3 is 0 Å². The molecule has 3 nitrogen and oxygen atoms in total. The van der Waals surface area contributed by atoms with Crippen LogP contribution >= 0.6 is 0 Å². The summed E-state index contributed by atoms with van der Waals surface area (Å²) in [6.45, 7) is 4.96. The predicted octanol–water partition coefficient (Wildman–Crippen LogP) is 1.61. The molecule has 3 heteroatoms. The lowest BCUT2D eigenvalue weighted by Crippen LogP contribution is -2.43. The van der Waals surface area contributed by atoms with Crippen LogP contribution in [0, 0.1) is 0 Å². The van der Waals surface area contributed by atoms with E-state index >= 15 is 0 Å². The van der Waals surface area contributed by atoms with Crippen molar-refractivity contribution < 1.29 is 4.74 Å². The van der Waals surface area contributed by atoms with Crippen molar-refractivity contribution in [3.63, 3.8) is 0 Å². The van der Waals surface area contributed by atoms with Gasteiger partial charge in [0.25, 0.3) is 0 Å². The summed E-state index contributed by atoms with van der Waals surface area (Å²) in [6.07, 6.45) is 6.62. The maximum absolute atomic E-state index is 5.69. The van der Waals surface area contributed by atoms with Crippen LogP contribution in [-0.4, -0.2) is 43.8 Å². The zero-order valence-electron chi connectivity index (χ0n) is 10.2. The first-order valence-electron chi connectivity index (χ1n) is 6.24. The van der Waals surface area contributed by atoms with Gasteiger partial charge in [0.1, 0.15) is 0 Å². The lowest BCUT2D eigenvalue weighted by molar-refractivity contribution is 0.108. The molecular formula is C12H26N2O. The smallest absolute Gasteiger partial charge is 0.0477 e. The SMILES string of the molecule is COCCC(C)N(CCN)C1CCCC1. The van der Waals surface area contributed by atoms with Crippen LogP contribution in [0.1, 0.15) is 39.0 Å². The molecule has 0 amide bonds. The highest BCUT2D eigenvalue weighted by Crippen LogP contribution is 2.25. The van der Waals surface area contributed by atoms with Crippen LogP contribution in [0.15, 0.2) is 0 Å². The van der Waals surface area contributed by atoms with Gasteiger partial charge in [0.15, 0.2) is 0 Å². The van der Waals surface area contributed by atoms with E-state index in [9.17, 15) is 0 Å². The molecule has 0 radical (unpaired) electrons. The van der Waals surface area contributed by atoms with E-state index in [1.807, 2.05) is 0 Å². The fourth-order valence-electron chi connectivity index (χ4n) is 2.60. The number of hydrogen-bond donors (Lipinski definition) is 1. The fourth-order valence-corrected chi connectivity index (χ4v) is 2.60. The van der Waals surface area contributed by atoms with E-state index < -0.39 is 0 Å². The van der Waals surface area contributed by atoms with Crippen molar-refractivity contribution >= 4 is 0 Å². The molecule has 1 saturated carbocycles. The van der Waals surface area contributed by atoms with Gasteiger partial charge in [-0.05, 0) is 26.2 Å². The Hall–Kier alpha value is -0.120. The van der Waals surface area contributed by atoms with E-state index in [1.54, 1.807) is 7.11 Å². The third-order valence-electron chi connectivity index (χ3n) is 3.49. The van der Waals surface area contributed by atoms with Gasteiger partial charge in [-0.25, -0.2) is 0 Å². The second-order valence-electron chi connectivity index (χ2n) is 4.60. The highest BCUT2D eigenvalue weighted by atomic mass is 16.5. The normalized spacial score (nSPS) is 20.0. The molecule has 1 aliphatic carbocycles. The topological polar surface area (TPSA) is 38.5 Å². The molecule has 90 valence electrons. The van der Waals surface area contributed by atoms with Gasteiger partial charge in [0.05, 0.1) is 0 Å². The molecule has 0 spiro atoms. The third kappa shape index (κ3) is 4.09. The lowest BCUT2D eigenvalue weighted by atomic mass is 10.1. The molecule has 1 atom stereocenters. The van der Waals surface area contributed by atoms with E-state index in [-0.39, 0.29) is 0 Å². The second kappa shape index (κ2) is 7.20. The van der Waals surface area contributed by atoms with Crippen LogP contribution in [0.5, 0.6) is 0 Å². The second-order valence-corrected chi connectivity index (χ2v) is 4.60. The highest BCUT2D eigenvalue weighted by molar-refractivity contribution is 4.81. The average Bonchev–Trinajstić information content (AvgIpc) is 2.75. The highest BCUT2D eigenvalue weighted by Gasteiger charge is 2.25. The quantitative estimate of drug-likeness (QED) is 0.700. The Bertz CT molecular complexity index is 158. The van der Waals surface area contributed by atoms with Crippen molar-refractivity contribution in [2.24, 2.45) is 5.73 Å². The van der Waals surface area contributed by atoms with Crippen molar-refractivity contribution in [2.45, 2.75) is 51.1 Å². The number of nitrogens with zero attached hydrogens (tertiary/aromatic N) is 1. The van der Waals surface area contributed by atoms with Crippen LogP contribution < -0.4 is 5.73 Å². The van der Waals surface area contributed by atoms with Crippen LogP contribution in [0.2, 0.25) is 0 Å². The van der Waals surface area contributed by atoms with Crippen LogP contribution in [0.25, 0.3) is 0 Å². The molecule has 1 aliphatic rings. The van der Waals surface area contributed by atoms with E-state index in [0.29, 0.717) is 6.04 Å². The Morgan fingerprint density at radius 2 is 2.07 bits per heavy atom. The van der Waals surface area contributed by atoms with Gasteiger partial charge in [-0.3, -0.25) is 4.90 Å². The summed E-state index contributed by atoms with van der Waals surface area (Å²) in [7, 11) is 1.77. The molecule has 1 fully saturated rings. The monoisotopic (exact) mass is 214 g/mol. The molecule has 15 heavy (non-hydrogen) atoms. The zero-order chi connectivity index (χ0) is 11.1. The summed E-state index contributed by atoms with van der Waals surface area (Å²) in [5.74, 6) is 0. The Morgan fingerprint density at radius 3 is 2.60 bits per heavy atom. The maximum atomic E-state index is 5.69. The molecule has 2 N–H and O–H groups in total. The number of methoxy groups -OCH3 is 1. The molecule has 0 aromatic heterocycles. The maximum Gasteiger partial charge on any atom is 0.0477 e. The van der Waals surface area contributed by atoms with E-state index in [2.05, 4.69) is 11.8 Å². The minimum Gasteiger partial charge on any atom is -0.385 e. The Kier molecular flexibility index (Phi) is 6.22. The van der Waals surface area contributed by atoms with E-state index in [4.69, 9.17) is 10.5 Å². The first-order chi connectivity index (χ1) is 7.29. The molecular weight excluding hydrogens is 188 g/mol. The van der Waals surface area contributed by atoms with Crippen molar-refractivity contribution in [2.75, 3.05) is 26.8 Å². The van der Waals surface area contributed by atoms with Crippen molar-refractivity contribution in [1.29, 1.82) is 0 Å². The number of rotatable bonds is 7. The third-order valence-corrected chi connectivity index (χ3v) is 3.49. The summed E-state index contributed by atoms with van der Waals surface area (Å²) in [5.41, 5.74) is 5.69. The molecule has 0 heterocycles. The number of hydrogen-bond acceptors (Lipinski definition) is 3. The standard InChI is InChI=1S/C12H26N2O/c1-11(7-10-15-2)14(9-8-13)12-5-3-4-6-12/h11-12H,3-10,13H2,1-2H3. The van der Waals surface area contributed by atoms with Crippen LogP contribution in [-0.2, 0) is 4.74 Å². The van der Waals surface area contributed by atoms with E-state index in [0.717, 1.165) is 32.2 Å². The van der Waals surface area contributed by atoms with Gasteiger partial charge in [0.2, 0.25) is 0 Å². The molecule has 0 aromatic carbocycles. The Balaban J connectivity index is 2.39. The average molecular weight is 214 g/mol. The van der Waals surface area contributed by atoms with Crippen molar-refractivity contribution in [3.8, 4) is 0 Å². The fraction of sp³-hybridized carbons (Fsp3) is 1.00. The molecule has 1 rings (SSSR count). The van der Waals surface area contributed by atoms with Crippen molar-refractivity contribution in [1.82, 2.24) is 4.90 Å². The minimum atomic E-state index is 0.608. The number of ether oxygens (including phenoxy) is 1. The summed E-state index contributed by atoms with van der Waals surface area (Å²) >= 11 is 0. The molecule has 0 saturated heterocycles. The van der Waals surface area contributed by atoms with E-state index in [1.165, 1.54) is 25.7 Å². The van der Waals surface area contributed by atoms with Gasteiger partial charge in [0, 0.05) is 38.9 Å². The largest absolute Gasteiger partial charge is 0.385 e. The first-order valence-corrected chi connectivity index (χ1v) is 6.24. The summed E-state index contributed by atoms with van der Waals surface area (Å²) in [5, 5.41) is 0. The van der Waals surface area contributed by atoms with Crippen molar-refractivity contribution in [3.05, 3.63) is 0 Å². The number of nitrogens with two attached hydrogens (primary N) is 1. The van der Waals surface area contributed by atoms with Gasteiger partial charge in [-0.1, -0.05) is 12.8 Å². The first kappa shape index (κ1) is 12.9. The van der Waals surface area contributed by atoms with Crippen LogP contribution in [0.3, 0.4) is 0 Å². The summed E-state index contributed by atoms with van der Waals surface area (Å²) in [6, 6.07) is 1.39. The predicted molar refractivity (Wildman–Crippen MR) is 64.0 cm³/mol. The molecule has 1 unspecified atom stereocenters. The Morgan fingerprint density at radius 1 is 1.40 bits per heavy atom. The summed E-state index contributed by atoms with van der Waals surface area (Å²) < 4.78 is 5.15. The Labute approximate surface area is 94.0 Å². The molecule has 0 aliphatic heterocycles. The lowest BCUT2D eigenvalue weighted by Gasteiger charge is -2.34. The summed E-state index contributed by atoms with van der Waals surface area (Å²) in [4.78, 5) is 2.59. The van der Waals surface area contributed by atoms with Gasteiger partial charge in [-0.2, -0.15) is 0 Å². The minimum absolute atomic E-state index is 0.608. The molecule has 0 bridgehead atoms. The zero-order valence-corrected chi connectivity index (χ0v) is 10.2. The molecule has 0 aromatic rings.